The molecule has 1 aliphatic rings. The summed E-state index contributed by atoms with van der Waals surface area (Å²) in [6, 6.07) is 13.2. The molecule has 8 heteroatoms. The lowest BCUT2D eigenvalue weighted by molar-refractivity contribution is -0.137. The number of rotatable bonds is 10. The van der Waals surface area contributed by atoms with Crippen LogP contribution in [0.4, 0.5) is 24.5 Å². The molecule has 2 aromatic carbocycles. The van der Waals surface area contributed by atoms with Crippen LogP contribution in [0.2, 0.25) is 0 Å². The van der Waals surface area contributed by atoms with Crippen LogP contribution in [0, 0.1) is 12.8 Å². The van der Waals surface area contributed by atoms with Crippen molar-refractivity contribution in [2.24, 2.45) is 5.92 Å². The van der Waals surface area contributed by atoms with Crippen LogP contribution < -0.4 is 10.1 Å². The molecule has 0 bridgehead atoms. The smallest absolute Gasteiger partial charge is 0.416 e. The Morgan fingerprint density at radius 3 is 2.38 bits per heavy atom. The Hall–Kier alpha value is -2.84. The number of hydrogen-bond acceptors (Lipinski definition) is 5. The molecule has 0 unspecified atom stereocenters. The standard InChI is InChI=1S/C29H37F3N4O/c1-21(2)9-11-36-14-12-35(13-15-36)10-6-16-37-25-19-23(29(30,31)32)18-24(20-25)34-28-17-22(3)33-27-8-5-4-7-26(27)28/h4-5,7-8,17-21H,6,9-16H2,1-3H3,(H,33,34). The number of pyridine rings is 1. The third kappa shape index (κ3) is 7.82. The van der Waals surface area contributed by atoms with Gasteiger partial charge in [-0.05, 0) is 56.5 Å². The van der Waals surface area contributed by atoms with Gasteiger partial charge < -0.3 is 19.9 Å². The van der Waals surface area contributed by atoms with Crippen molar-refractivity contribution >= 4 is 22.3 Å². The summed E-state index contributed by atoms with van der Waals surface area (Å²) in [5.41, 5.74) is 1.87. The first-order valence-electron chi connectivity index (χ1n) is 13.1. The summed E-state index contributed by atoms with van der Waals surface area (Å²) in [5.74, 6) is 0.931. The molecule has 1 fully saturated rings. The van der Waals surface area contributed by atoms with E-state index in [2.05, 4.69) is 33.9 Å². The van der Waals surface area contributed by atoms with Crippen LogP contribution >= 0.6 is 0 Å². The molecule has 1 aromatic heterocycles. The molecule has 0 atom stereocenters. The molecule has 200 valence electrons. The highest BCUT2D eigenvalue weighted by Gasteiger charge is 2.31. The van der Waals surface area contributed by atoms with E-state index in [0.29, 0.717) is 18.0 Å². The van der Waals surface area contributed by atoms with Crippen molar-refractivity contribution in [3.8, 4) is 5.75 Å². The maximum Gasteiger partial charge on any atom is 0.416 e. The molecule has 3 aromatic rings. The van der Waals surface area contributed by atoms with Crippen molar-refractivity contribution < 1.29 is 17.9 Å². The van der Waals surface area contributed by atoms with E-state index < -0.39 is 11.7 Å². The van der Waals surface area contributed by atoms with Crippen LogP contribution in [0.15, 0.2) is 48.5 Å². The van der Waals surface area contributed by atoms with Crippen molar-refractivity contribution in [2.75, 3.05) is 51.2 Å². The normalized spacial score (nSPS) is 15.4. The van der Waals surface area contributed by atoms with E-state index in [1.807, 2.05) is 37.3 Å². The van der Waals surface area contributed by atoms with Gasteiger partial charge in [0.1, 0.15) is 5.75 Å². The molecule has 37 heavy (non-hydrogen) atoms. The zero-order chi connectivity index (χ0) is 26.4. The molecule has 4 rings (SSSR count). The number of nitrogens with one attached hydrogen (secondary N) is 1. The van der Waals surface area contributed by atoms with Crippen LogP contribution in [0.3, 0.4) is 0 Å². The van der Waals surface area contributed by atoms with Gasteiger partial charge in [0.25, 0.3) is 0 Å². The van der Waals surface area contributed by atoms with Gasteiger partial charge in [0.2, 0.25) is 0 Å². The molecule has 1 aliphatic heterocycles. The topological polar surface area (TPSA) is 40.6 Å². The SMILES string of the molecule is Cc1cc(Nc2cc(OCCCN3CCN(CCC(C)C)CC3)cc(C(F)(F)F)c2)c2ccccc2n1. The predicted octanol–water partition coefficient (Wildman–Crippen LogP) is 6.74. The van der Waals surface area contributed by atoms with E-state index in [1.165, 1.54) is 6.42 Å². The van der Waals surface area contributed by atoms with Gasteiger partial charge in [0.05, 0.1) is 17.7 Å². The van der Waals surface area contributed by atoms with Gasteiger partial charge in [0.15, 0.2) is 0 Å². The summed E-state index contributed by atoms with van der Waals surface area (Å²) in [6.45, 7) is 12.9. The summed E-state index contributed by atoms with van der Waals surface area (Å²) in [5, 5.41) is 4.02. The molecular weight excluding hydrogens is 477 g/mol. The van der Waals surface area contributed by atoms with Crippen molar-refractivity contribution in [1.82, 2.24) is 14.8 Å². The Morgan fingerprint density at radius 1 is 0.973 bits per heavy atom. The summed E-state index contributed by atoms with van der Waals surface area (Å²) >= 11 is 0. The lowest BCUT2D eigenvalue weighted by Gasteiger charge is -2.35. The van der Waals surface area contributed by atoms with Crippen molar-refractivity contribution in [2.45, 2.75) is 39.8 Å². The number of anilines is 2. The Bertz CT molecular complexity index is 1170. The number of para-hydroxylation sites is 1. The van der Waals surface area contributed by atoms with Gasteiger partial charge in [-0.2, -0.15) is 13.2 Å². The minimum absolute atomic E-state index is 0.214. The highest BCUT2D eigenvalue weighted by Crippen LogP contribution is 2.36. The average Bonchev–Trinajstić information content (AvgIpc) is 2.85. The molecule has 1 saturated heterocycles. The van der Waals surface area contributed by atoms with Crippen LogP contribution in [0.1, 0.15) is 37.9 Å². The van der Waals surface area contributed by atoms with Crippen LogP contribution in [-0.4, -0.2) is 60.7 Å². The number of aromatic nitrogens is 1. The first-order chi connectivity index (χ1) is 17.7. The number of alkyl halides is 3. The van der Waals surface area contributed by atoms with Crippen molar-refractivity contribution in [3.63, 3.8) is 0 Å². The number of nitrogens with zero attached hydrogens (tertiary/aromatic N) is 3. The molecule has 0 amide bonds. The lowest BCUT2D eigenvalue weighted by atomic mass is 10.1. The van der Waals surface area contributed by atoms with E-state index >= 15 is 0 Å². The number of fused-ring (bicyclic) bond motifs is 1. The Balaban J connectivity index is 1.37. The van der Waals surface area contributed by atoms with Gasteiger partial charge in [-0.3, -0.25) is 4.98 Å². The molecule has 0 aliphatic carbocycles. The van der Waals surface area contributed by atoms with E-state index in [9.17, 15) is 13.2 Å². The number of halogens is 3. The van der Waals surface area contributed by atoms with E-state index in [1.54, 1.807) is 6.07 Å². The molecule has 0 radical (unpaired) electrons. The van der Waals surface area contributed by atoms with Crippen LogP contribution in [0.25, 0.3) is 10.9 Å². The van der Waals surface area contributed by atoms with E-state index in [4.69, 9.17) is 4.74 Å². The summed E-state index contributed by atoms with van der Waals surface area (Å²) in [6.07, 6.45) is -2.49. The summed E-state index contributed by atoms with van der Waals surface area (Å²) in [7, 11) is 0. The number of benzene rings is 2. The molecule has 0 spiro atoms. The van der Waals surface area contributed by atoms with Gasteiger partial charge in [-0.15, -0.1) is 0 Å². The van der Waals surface area contributed by atoms with E-state index in [0.717, 1.165) is 80.3 Å². The van der Waals surface area contributed by atoms with Gasteiger partial charge in [-0.1, -0.05) is 32.0 Å². The second kappa shape index (κ2) is 12.1. The zero-order valence-electron chi connectivity index (χ0n) is 21.9. The van der Waals surface area contributed by atoms with Gasteiger partial charge >= 0.3 is 6.18 Å². The van der Waals surface area contributed by atoms with Crippen molar-refractivity contribution in [1.29, 1.82) is 0 Å². The van der Waals surface area contributed by atoms with Gasteiger partial charge in [-0.25, -0.2) is 0 Å². The third-order valence-electron chi connectivity index (χ3n) is 6.73. The van der Waals surface area contributed by atoms with Crippen LogP contribution in [0.5, 0.6) is 5.75 Å². The fourth-order valence-electron chi connectivity index (χ4n) is 4.64. The maximum atomic E-state index is 13.7. The molecular formula is C29H37F3N4O. The molecule has 2 heterocycles. The fraction of sp³-hybridized carbons (Fsp3) is 0.483. The first-order valence-corrected chi connectivity index (χ1v) is 13.1. The number of ether oxygens (including phenoxy) is 1. The molecule has 0 saturated carbocycles. The second-order valence-electron chi connectivity index (χ2n) is 10.3. The molecule has 5 nitrogen and oxygen atoms in total. The number of piperazine rings is 1. The Kier molecular flexibility index (Phi) is 8.92. The fourth-order valence-corrected chi connectivity index (χ4v) is 4.64. The monoisotopic (exact) mass is 514 g/mol. The lowest BCUT2D eigenvalue weighted by Crippen LogP contribution is -2.47. The second-order valence-corrected chi connectivity index (χ2v) is 10.3. The third-order valence-corrected chi connectivity index (χ3v) is 6.73. The largest absolute Gasteiger partial charge is 0.493 e. The van der Waals surface area contributed by atoms with Crippen LogP contribution in [-0.2, 0) is 6.18 Å². The maximum absolute atomic E-state index is 13.7. The first kappa shape index (κ1) is 27.2. The number of aryl methyl sites for hydroxylation is 1. The highest BCUT2D eigenvalue weighted by atomic mass is 19.4. The van der Waals surface area contributed by atoms with E-state index in [-0.39, 0.29) is 5.75 Å². The zero-order valence-corrected chi connectivity index (χ0v) is 21.9. The quantitative estimate of drug-likeness (QED) is 0.304. The highest BCUT2D eigenvalue weighted by molar-refractivity contribution is 5.93. The summed E-state index contributed by atoms with van der Waals surface area (Å²) in [4.78, 5) is 9.43. The predicted molar refractivity (Wildman–Crippen MR) is 144 cm³/mol. The van der Waals surface area contributed by atoms with Crippen molar-refractivity contribution in [3.05, 3.63) is 59.8 Å². The minimum atomic E-state index is -4.47. The minimum Gasteiger partial charge on any atom is -0.493 e. The van der Waals surface area contributed by atoms with Gasteiger partial charge in [0, 0.05) is 61.2 Å². The molecule has 1 N–H and O–H groups in total. The number of hydrogen-bond donors (Lipinski definition) is 1. The average molecular weight is 515 g/mol. The Morgan fingerprint density at radius 2 is 1.68 bits per heavy atom. The Labute approximate surface area is 217 Å². The summed E-state index contributed by atoms with van der Waals surface area (Å²) < 4.78 is 46.8.